The molecule has 1 aromatic carbocycles. The monoisotopic (exact) mass is 411 g/mol. The first-order valence-electron chi connectivity index (χ1n) is 8.40. The van der Waals surface area contributed by atoms with E-state index < -0.39 is 11.9 Å². The summed E-state index contributed by atoms with van der Waals surface area (Å²) in [7, 11) is 0. The highest BCUT2D eigenvalue weighted by Crippen LogP contribution is 2.21. The zero-order valence-electron chi connectivity index (χ0n) is 15.3. The number of aryl methyl sites for hydroxylation is 1. The van der Waals surface area contributed by atoms with Crippen LogP contribution in [0.2, 0.25) is 5.02 Å². The molecule has 1 aromatic heterocycles. The van der Waals surface area contributed by atoms with Crippen LogP contribution in [0.15, 0.2) is 23.4 Å². The van der Waals surface area contributed by atoms with E-state index in [2.05, 4.69) is 25.8 Å². The number of aromatic nitrogens is 3. The highest BCUT2D eigenvalue weighted by atomic mass is 35.5. The van der Waals surface area contributed by atoms with Crippen molar-refractivity contribution in [2.45, 2.75) is 45.0 Å². The van der Waals surface area contributed by atoms with Gasteiger partial charge in [0.25, 0.3) is 0 Å². The fourth-order valence-corrected chi connectivity index (χ4v) is 2.66. The van der Waals surface area contributed by atoms with Gasteiger partial charge in [0.1, 0.15) is 12.4 Å². The van der Waals surface area contributed by atoms with E-state index in [0.717, 1.165) is 23.7 Å². The first-order valence-corrected chi connectivity index (χ1v) is 9.77. The van der Waals surface area contributed by atoms with Crippen LogP contribution in [-0.2, 0) is 11.4 Å². The SMILES string of the molecule is CC[C@H](C)NC(=O)NC(=O)CSc1n[nH]c(COc2ccc(Cl)c(C)c2)n1. The number of H-pyrrole nitrogens is 1. The number of imide groups is 1. The number of nitrogens with one attached hydrogen (secondary N) is 3. The quantitative estimate of drug-likeness (QED) is 0.576. The predicted octanol–water partition coefficient (Wildman–Crippen LogP) is 3.06. The van der Waals surface area contributed by atoms with Gasteiger partial charge in [-0.2, -0.15) is 0 Å². The number of amides is 3. The van der Waals surface area contributed by atoms with E-state index in [0.29, 0.717) is 21.8 Å². The number of rotatable bonds is 8. The minimum Gasteiger partial charge on any atom is -0.486 e. The number of carbonyl (C=O) groups excluding carboxylic acids is 2. The van der Waals surface area contributed by atoms with Gasteiger partial charge in [0.15, 0.2) is 5.82 Å². The molecule has 0 saturated carbocycles. The summed E-state index contributed by atoms with van der Waals surface area (Å²) >= 11 is 7.10. The van der Waals surface area contributed by atoms with Gasteiger partial charge in [0.2, 0.25) is 11.1 Å². The van der Waals surface area contributed by atoms with Crippen LogP contribution in [0.1, 0.15) is 31.7 Å². The summed E-state index contributed by atoms with van der Waals surface area (Å²) in [4.78, 5) is 27.6. The molecule has 1 atom stereocenters. The van der Waals surface area contributed by atoms with Crippen LogP contribution in [0.5, 0.6) is 5.75 Å². The molecule has 3 amide bonds. The number of nitrogens with zero attached hydrogens (tertiary/aromatic N) is 2. The molecule has 2 aromatic rings. The van der Waals surface area contributed by atoms with E-state index in [4.69, 9.17) is 16.3 Å². The standard InChI is InChI=1S/C17H22ClN5O3S/c1-4-11(3)19-16(25)21-15(24)9-27-17-20-14(22-23-17)8-26-12-5-6-13(18)10(2)7-12/h5-7,11H,4,8-9H2,1-3H3,(H,20,22,23)(H2,19,21,24,25)/t11-/m0/s1. The molecule has 0 aliphatic carbocycles. The second-order valence-electron chi connectivity index (χ2n) is 5.88. The third kappa shape index (κ3) is 7.10. The molecule has 0 aliphatic heterocycles. The first-order chi connectivity index (χ1) is 12.9. The molecular formula is C17H22ClN5O3S. The Morgan fingerprint density at radius 2 is 2.19 bits per heavy atom. The number of thioether (sulfide) groups is 1. The Hall–Kier alpha value is -2.26. The van der Waals surface area contributed by atoms with Gasteiger partial charge in [-0.15, -0.1) is 5.10 Å². The fraction of sp³-hybridized carbons (Fsp3) is 0.412. The summed E-state index contributed by atoms with van der Waals surface area (Å²) in [6.45, 7) is 5.91. The van der Waals surface area contributed by atoms with Gasteiger partial charge in [-0.25, -0.2) is 9.78 Å². The highest BCUT2D eigenvalue weighted by molar-refractivity contribution is 7.99. The first kappa shape index (κ1) is 21.0. The average molecular weight is 412 g/mol. The van der Waals surface area contributed by atoms with Crippen LogP contribution < -0.4 is 15.4 Å². The smallest absolute Gasteiger partial charge is 0.321 e. The van der Waals surface area contributed by atoms with Gasteiger partial charge < -0.3 is 10.1 Å². The minimum absolute atomic E-state index is 0.00504. The maximum absolute atomic E-state index is 11.8. The normalized spacial score (nSPS) is 11.7. The Bertz CT molecular complexity index is 799. The molecule has 0 saturated heterocycles. The van der Waals surface area contributed by atoms with Crippen LogP contribution >= 0.6 is 23.4 Å². The van der Waals surface area contributed by atoms with E-state index in [9.17, 15) is 9.59 Å². The topological polar surface area (TPSA) is 109 Å². The van der Waals surface area contributed by atoms with Gasteiger partial charge in [-0.1, -0.05) is 30.3 Å². The lowest BCUT2D eigenvalue weighted by atomic mass is 10.2. The highest BCUT2D eigenvalue weighted by Gasteiger charge is 2.12. The summed E-state index contributed by atoms with van der Waals surface area (Å²) in [5.41, 5.74) is 0.923. The zero-order valence-corrected chi connectivity index (χ0v) is 16.9. The molecule has 0 unspecified atom stereocenters. The lowest BCUT2D eigenvalue weighted by Crippen LogP contribution is -2.43. The molecule has 0 spiro atoms. The number of aromatic amines is 1. The Morgan fingerprint density at radius 3 is 2.89 bits per heavy atom. The van der Waals surface area contributed by atoms with E-state index >= 15 is 0 Å². The third-order valence-electron chi connectivity index (χ3n) is 3.59. The summed E-state index contributed by atoms with van der Waals surface area (Å²) in [5.74, 6) is 0.817. The number of halogens is 1. The van der Waals surface area contributed by atoms with Crippen molar-refractivity contribution in [2.75, 3.05) is 5.75 Å². The predicted molar refractivity (Wildman–Crippen MR) is 104 cm³/mol. The molecule has 0 bridgehead atoms. The van der Waals surface area contributed by atoms with Crippen molar-refractivity contribution < 1.29 is 14.3 Å². The zero-order chi connectivity index (χ0) is 19.8. The number of benzene rings is 1. The van der Waals surface area contributed by atoms with E-state index in [1.807, 2.05) is 26.8 Å². The Balaban J connectivity index is 1.76. The number of carbonyl (C=O) groups is 2. The molecule has 1 heterocycles. The fourth-order valence-electron chi connectivity index (χ4n) is 1.92. The van der Waals surface area contributed by atoms with Gasteiger partial charge >= 0.3 is 6.03 Å². The van der Waals surface area contributed by atoms with Crippen molar-refractivity contribution >= 4 is 35.3 Å². The van der Waals surface area contributed by atoms with E-state index in [1.54, 1.807) is 12.1 Å². The maximum atomic E-state index is 11.8. The average Bonchev–Trinajstić information content (AvgIpc) is 3.08. The lowest BCUT2D eigenvalue weighted by Gasteiger charge is -2.11. The van der Waals surface area contributed by atoms with Crippen LogP contribution in [0.3, 0.4) is 0 Å². The summed E-state index contributed by atoms with van der Waals surface area (Å²) < 4.78 is 5.63. The molecule has 0 aliphatic rings. The van der Waals surface area contributed by atoms with Crippen molar-refractivity contribution in [1.29, 1.82) is 0 Å². The molecule has 8 nitrogen and oxygen atoms in total. The summed E-state index contributed by atoms with van der Waals surface area (Å²) in [6.07, 6.45) is 0.786. The van der Waals surface area contributed by atoms with Crippen molar-refractivity contribution in [1.82, 2.24) is 25.8 Å². The molecular weight excluding hydrogens is 390 g/mol. The van der Waals surface area contributed by atoms with Crippen molar-refractivity contribution in [3.63, 3.8) is 0 Å². The molecule has 146 valence electrons. The number of urea groups is 1. The van der Waals surface area contributed by atoms with Crippen molar-refractivity contribution in [2.24, 2.45) is 0 Å². The van der Waals surface area contributed by atoms with Crippen molar-refractivity contribution in [3.05, 3.63) is 34.6 Å². The Labute approximate surface area is 166 Å². The lowest BCUT2D eigenvalue weighted by molar-refractivity contribution is -0.117. The molecule has 0 fully saturated rings. The van der Waals surface area contributed by atoms with E-state index in [-0.39, 0.29) is 18.4 Å². The van der Waals surface area contributed by atoms with Crippen molar-refractivity contribution in [3.8, 4) is 5.75 Å². The minimum atomic E-state index is -0.503. The van der Waals surface area contributed by atoms with Crippen LogP contribution in [0.25, 0.3) is 0 Å². The van der Waals surface area contributed by atoms with Gasteiger partial charge in [0, 0.05) is 11.1 Å². The van der Waals surface area contributed by atoms with Gasteiger partial charge in [0.05, 0.1) is 5.75 Å². The Kier molecular flexibility index (Phi) is 7.93. The number of hydrogen-bond acceptors (Lipinski definition) is 6. The second kappa shape index (κ2) is 10.2. The summed E-state index contributed by atoms with van der Waals surface area (Å²) in [5, 5.41) is 12.8. The maximum Gasteiger partial charge on any atom is 0.321 e. The molecule has 0 radical (unpaired) electrons. The Morgan fingerprint density at radius 1 is 1.41 bits per heavy atom. The third-order valence-corrected chi connectivity index (χ3v) is 4.86. The summed E-state index contributed by atoms with van der Waals surface area (Å²) in [6, 6.07) is 4.88. The largest absolute Gasteiger partial charge is 0.486 e. The van der Waals surface area contributed by atoms with Crippen LogP contribution in [-0.4, -0.2) is 38.9 Å². The second-order valence-corrected chi connectivity index (χ2v) is 7.23. The van der Waals surface area contributed by atoms with Gasteiger partial charge in [-0.05, 0) is 44.0 Å². The van der Waals surface area contributed by atoms with Crippen LogP contribution in [0.4, 0.5) is 4.79 Å². The molecule has 3 N–H and O–H groups in total. The molecule has 2 rings (SSSR count). The van der Waals surface area contributed by atoms with Gasteiger partial charge in [-0.3, -0.25) is 15.2 Å². The van der Waals surface area contributed by atoms with E-state index in [1.165, 1.54) is 0 Å². The molecule has 10 heteroatoms. The number of ether oxygens (including phenoxy) is 1. The van der Waals surface area contributed by atoms with Crippen LogP contribution in [0, 0.1) is 6.92 Å². The molecule has 27 heavy (non-hydrogen) atoms. The number of hydrogen-bond donors (Lipinski definition) is 3.